The van der Waals surface area contributed by atoms with Crippen LogP contribution in [0.2, 0.25) is 0 Å². The minimum absolute atomic E-state index is 0.0356. The van der Waals surface area contributed by atoms with Gasteiger partial charge in [0, 0.05) is 30.5 Å². The van der Waals surface area contributed by atoms with Crippen molar-refractivity contribution >= 4 is 23.6 Å². The number of hydrogen-bond donors (Lipinski definition) is 1. The van der Waals surface area contributed by atoms with E-state index in [1.165, 1.54) is 18.4 Å². The van der Waals surface area contributed by atoms with Crippen LogP contribution in [0.4, 0.5) is 0 Å². The maximum atomic E-state index is 13.1. The van der Waals surface area contributed by atoms with E-state index in [2.05, 4.69) is 17.4 Å². The molecule has 0 heterocycles. The van der Waals surface area contributed by atoms with Crippen LogP contribution < -0.4 is 5.32 Å². The molecule has 30 heavy (non-hydrogen) atoms. The molecule has 1 N–H and O–H groups in total. The number of rotatable bonds is 10. The van der Waals surface area contributed by atoms with Crippen LogP contribution >= 0.6 is 11.8 Å². The van der Waals surface area contributed by atoms with E-state index in [4.69, 9.17) is 0 Å². The number of hydrogen-bond acceptors (Lipinski definition) is 3. The summed E-state index contributed by atoms with van der Waals surface area (Å²) in [6.45, 7) is 2.31. The highest BCUT2D eigenvalue weighted by Gasteiger charge is 2.28. The number of carbonyl (C=O) groups excluding carboxylic acids is 2. The summed E-state index contributed by atoms with van der Waals surface area (Å²) >= 11 is 1.76. The van der Waals surface area contributed by atoms with E-state index in [1.54, 1.807) is 16.7 Å². The number of amides is 2. The number of nitrogens with zero attached hydrogens (tertiary/aromatic N) is 1. The summed E-state index contributed by atoms with van der Waals surface area (Å²) in [6.07, 6.45) is 4.86. The summed E-state index contributed by atoms with van der Waals surface area (Å²) in [6, 6.07) is 20.0. The molecule has 1 aliphatic rings. The Labute approximate surface area is 184 Å². The van der Waals surface area contributed by atoms with E-state index in [-0.39, 0.29) is 17.9 Å². The SMILES string of the molecule is C[C@H](C(=O)NC1CCCC1)N(Cc1ccccc1)C(=O)CCSCc1ccccc1. The summed E-state index contributed by atoms with van der Waals surface area (Å²) < 4.78 is 0. The molecule has 2 aromatic rings. The van der Waals surface area contributed by atoms with Crippen LogP contribution in [-0.4, -0.2) is 34.6 Å². The zero-order valence-electron chi connectivity index (χ0n) is 17.8. The molecule has 2 aromatic carbocycles. The van der Waals surface area contributed by atoms with Gasteiger partial charge >= 0.3 is 0 Å². The lowest BCUT2D eigenvalue weighted by Crippen LogP contribution is -2.49. The zero-order chi connectivity index (χ0) is 21.2. The first-order valence-electron chi connectivity index (χ1n) is 10.9. The molecule has 0 aromatic heterocycles. The van der Waals surface area contributed by atoms with E-state index in [0.717, 1.165) is 29.9 Å². The lowest BCUT2D eigenvalue weighted by Gasteiger charge is -2.29. The van der Waals surface area contributed by atoms with Gasteiger partial charge in [-0.25, -0.2) is 0 Å². The molecule has 0 bridgehead atoms. The van der Waals surface area contributed by atoms with E-state index in [9.17, 15) is 9.59 Å². The third-order valence-electron chi connectivity index (χ3n) is 5.64. The maximum Gasteiger partial charge on any atom is 0.242 e. The standard InChI is InChI=1S/C25H32N2O2S/c1-20(25(29)26-23-14-8-9-15-23)27(18-21-10-4-2-5-11-21)24(28)16-17-30-19-22-12-6-3-7-13-22/h2-7,10-13,20,23H,8-9,14-19H2,1H3,(H,26,29)/t20-/m1/s1. The number of benzene rings is 2. The van der Waals surface area contributed by atoms with Gasteiger partial charge in [0.2, 0.25) is 11.8 Å². The van der Waals surface area contributed by atoms with Crippen LogP contribution in [0.15, 0.2) is 60.7 Å². The van der Waals surface area contributed by atoms with Crippen molar-refractivity contribution in [3.05, 3.63) is 71.8 Å². The Morgan fingerprint density at radius 2 is 1.60 bits per heavy atom. The fourth-order valence-electron chi connectivity index (χ4n) is 3.82. The Bertz CT molecular complexity index is 791. The van der Waals surface area contributed by atoms with Gasteiger partial charge in [0.15, 0.2) is 0 Å². The van der Waals surface area contributed by atoms with Crippen molar-refractivity contribution in [2.24, 2.45) is 0 Å². The van der Waals surface area contributed by atoms with Gasteiger partial charge in [0.05, 0.1) is 0 Å². The van der Waals surface area contributed by atoms with Gasteiger partial charge in [-0.2, -0.15) is 11.8 Å². The van der Waals surface area contributed by atoms with Crippen LogP contribution in [0.3, 0.4) is 0 Å². The largest absolute Gasteiger partial charge is 0.352 e. The number of nitrogens with one attached hydrogen (secondary N) is 1. The van der Waals surface area contributed by atoms with E-state index < -0.39 is 6.04 Å². The second kappa shape index (κ2) is 11.8. The topological polar surface area (TPSA) is 49.4 Å². The molecule has 1 fully saturated rings. The van der Waals surface area contributed by atoms with Gasteiger partial charge in [-0.1, -0.05) is 73.5 Å². The summed E-state index contributed by atoms with van der Waals surface area (Å²) in [5.74, 6) is 1.64. The monoisotopic (exact) mass is 424 g/mol. The normalized spacial score (nSPS) is 15.0. The van der Waals surface area contributed by atoms with Crippen molar-refractivity contribution in [1.29, 1.82) is 0 Å². The highest BCUT2D eigenvalue weighted by atomic mass is 32.2. The molecule has 5 heteroatoms. The summed E-state index contributed by atoms with van der Waals surface area (Å²) in [5.41, 5.74) is 2.31. The van der Waals surface area contributed by atoms with Crippen molar-refractivity contribution < 1.29 is 9.59 Å². The smallest absolute Gasteiger partial charge is 0.242 e. The molecule has 1 atom stereocenters. The minimum atomic E-state index is -0.475. The summed E-state index contributed by atoms with van der Waals surface area (Å²) in [4.78, 5) is 27.7. The van der Waals surface area contributed by atoms with Crippen molar-refractivity contribution in [3.8, 4) is 0 Å². The Balaban J connectivity index is 1.57. The van der Waals surface area contributed by atoms with Gasteiger partial charge in [-0.05, 0) is 30.9 Å². The first-order valence-corrected chi connectivity index (χ1v) is 12.0. The van der Waals surface area contributed by atoms with E-state index in [1.807, 2.05) is 55.5 Å². The predicted octanol–water partition coefficient (Wildman–Crippen LogP) is 4.79. The third kappa shape index (κ3) is 6.91. The fraction of sp³-hybridized carbons (Fsp3) is 0.440. The molecule has 2 amide bonds. The fourth-order valence-corrected chi connectivity index (χ4v) is 4.71. The Morgan fingerprint density at radius 1 is 1.00 bits per heavy atom. The van der Waals surface area contributed by atoms with Gasteiger partial charge in [0.25, 0.3) is 0 Å². The highest BCUT2D eigenvalue weighted by molar-refractivity contribution is 7.98. The second-order valence-electron chi connectivity index (χ2n) is 7.96. The number of thioether (sulfide) groups is 1. The molecule has 0 radical (unpaired) electrons. The molecule has 3 rings (SSSR count). The zero-order valence-corrected chi connectivity index (χ0v) is 18.6. The average Bonchev–Trinajstić information content (AvgIpc) is 3.29. The second-order valence-corrected chi connectivity index (χ2v) is 9.07. The summed E-state index contributed by atoms with van der Waals surface area (Å²) in [7, 11) is 0. The molecule has 1 aliphatic carbocycles. The van der Waals surface area contributed by atoms with Crippen molar-refractivity contribution in [2.75, 3.05) is 5.75 Å². The molecular formula is C25H32N2O2S. The first-order chi connectivity index (χ1) is 14.6. The first kappa shape index (κ1) is 22.4. The van der Waals surface area contributed by atoms with Gasteiger partial charge in [-0.15, -0.1) is 0 Å². The maximum absolute atomic E-state index is 13.1. The molecule has 0 aliphatic heterocycles. The van der Waals surface area contributed by atoms with Crippen molar-refractivity contribution in [2.45, 2.75) is 63.4 Å². The minimum Gasteiger partial charge on any atom is -0.352 e. The van der Waals surface area contributed by atoms with E-state index >= 15 is 0 Å². The van der Waals surface area contributed by atoms with E-state index in [0.29, 0.717) is 13.0 Å². The molecule has 160 valence electrons. The van der Waals surface area contributed by atoms with Gasteiger partial charge in [-0.3, -0.25) is 9.59 Å². The van der Waals surface area contributed by atoms with Crippen LogP contribution in [0, 0.1) is 0 Å². The third-order valence-corrected chi connectivity index (χ3v) is 6.67. The lowest BCUT2D eigenvalue weighted by atomic mass is 10.1. The predicted molar refractivity (Wildman–Crippen MR) is 124 cm³/mol. The quantitative estimate of drug-likeness (QED) is 0.558. The molecule has 0 unspecified atom stereocenters. The van der Waals surface area contributed by atoms with Crippen LogP contribution in [0.5, 0.6) is 0 Å². The highest BCUT2D eigenvalue weighted by Crippen LogP contribution is 2.19. The molecule has 1 saturated carbocycles. The summed E-state index contributed by atoms with van der Waals surface area (Å²) in [5, 5.41) is 3.15. The number of carbonyl (C=O) groups is 2. The molecule has 0 saturated heterocycles. The Hall–Kier alpha value is -2.27. The Morgan fingerprint density at radius 3 is 2.23 bits per heavy atom. The van der Waals surface area contributed by atoms with Crippen LogP contribution in [-0.2, 0) is 21.9 Å². The molecule has 0 spiro atoms. The molecular weight excluding hydrogens is 392 g/mol. The van der Waals surface area contributed by atoms with Crippen LogP contribution in [0.1, 0.15) is 50.2 Å². The van der Waals surface area contributed by atoms with Crippen LogP contribution in [0.25, 0.3) is 0 Å². The van der Waals surface area contributed by atoms with Gasteiger partial charge < -0.3 is 10.2 Å². The Kier molecular flexibility index (Phi) is 8.81. The van der Waals surface area contributed by atoms with Crippen molar-refractivity contribution in [1.82, 2.24) is 10.2 Å². The molecule has 4 nitrogen and oxygen atoms in total. The lowest BCUT2D eigenvalue weighted by molar-refractivity contribution is -0.140. The van der Waals surface area contributed by atoms with Gasteiger partial charge in [0.1, 0.15) is 6.04 Å². The van der Waals surface area contributed by atoms with Crippen molar-refractivity contribution in [3.63, 3.8) is 0 Å². The average molecular weight is 425 g/mol.